The molecule has 3 heterocycles. The van der Waals surface area contributed by atoms with E-state index in [1.165, 1.54) is 6.33 Å². The third-order valence-corrected chi connectivity index (χ3v) is 4.54. The van der Waals surface area contributed by atoms with Crippen LogP contribution < -0.4 is 10.2 Å². The van der Waals surface area contributed by atoms with Crippen molar-refractivity contribution in [2.75, 3.05) is 23.3 Å². The topological polar surface area (TPSA) is 75.9 Å². The maximum Gasteiger partial charge on any atom is 0.231 e. The summed E-state index contributed by atoms with van der Waals surface area (Å²) in [6.07, 6.45) is 5.05. The van der Waals surface area contributed by atoms with Crippen molar-refractivity contribution < 1.29 is 4.79 Å². The fraction of sp³-hybridized carbons (Fsp3) is 0.176. The van der Waals surface area contributed by atoms with Gasteiger partial charge in [-0.25, -0.2) is 14.6 Å². The van der Waals surface area contributed by atoms with Crippen LogP contribution in [0, 0.1) is 5.92 Å². The number of carbonyl (C=O) groups excluding carboxylic acids is 1. The lowest BCUT2D eigenvalue weighted by Gasteiger charge is -2.39. The van der Waals surface area contributed by atoms with Crippen LogP contribution >= 0.6 is 15.9 Å². The Balaban J connectivity index is 1.39. The van der Waals surface area contributed by atoms with E-state index >= 15 is 0 Å². The number of aromatic nitrogens is 4. The summed E-state index contributed by atoms with van der Waals surface area (Å²) in [5, 5.41) is 7.12. The van der Waals surface area contributed by atoms with Crippen LogP contribution in [-0.2, 0) is 4.79 Å². The summed E-state index contributed by atoms with van der Waals surface area (Å²) in [4.78, 5) is 22.9. The second-order valence-electron chi connectivity index (χ2n) is 5.79. The highest BCUT2D eigenvalue weighted by Gasteiger charge is 2.33. The molecule has 1 aliphatic heterocycles. The van der Waals surface area contributed by atoms with E-state index in [2.05, 4.69) is 41.2 Å². The summed E-state index contributed by atoms with van der Waals surface area (Å²) >= 11 is 3.40. The fourth-order valence-electron chi connectivity index (χ4n) is 2.68. The molecule has 1 aromatic carbocycles. The largest absolute Gasteiger partial charge is 0.355 e. The molecular weight excluding hydrogens is 384 g/mol. The van der Waals surface area contributed by atoms with Gasteiger partial charge in [-0.05, 0) is 24.3 Å². The van der Waals surface area contributed by atoms with Crippen molar-refractivity contribution in [3.05, 3.63) is 59.6 Å². The molecule has 0 unspecified atom stereocenters. The summed E-state index contributed by atoms with van der Waals surface area (Å²) in [7, 11) is 0. The number of rotatable bonds is 4. The molecule has 1 amide bonds. The lowest BCUT2D eigenvalue weighted by atomic mass is 9.99. The summed E-state index contributed by atoms with van der Waals surface area (Å²) in [6, 6.07) is 11.3. The third-order valence-electron chi connectivity index (χ3n) is 4.05. The van der Waals surface area contributed by atoms with Gasteiger partial charge in [0.2, 0.25) is 5.91 Å². The Labute approximate surface area is 152 Å². The predicted octanol–water partition coefficient (Wildman–Crippen LogP) is 2.50. The van der Waals surface area contributed by atoms with E-state index in [1.807, 2.05) is 42.6 Å². The molecule has 1 N–H and O–H groups in total. The molecule has 0 aliphatic carbocycles. The molecular formula is C17H15BrN6O. The molecule has 3 aromatic rings. The minimum absolute atomic E-state index is 0.0238. The number of hydrogen-bond donors (Lipinski definition) is 1. The van der Waals surface area contributed by atoms with E-state index in [4.69, 9.17) is 0 Å². The van der Waals surface area contributed by atoms with Crippen molar-refractivity contribution in [3.63, 3.8) is 0 Å². The smallest absolute Gasteiger partial charge is 0.231 e. The molecule has 8 heteroatoms. The van der Waals surface area contributed by atoms with Crippen molar-refractivity contribution in [1.29, 1.82) is 0 Å². The van der Waals surface area contributed by atoms with Gasteiger partial charge >= 0.3 is 0 Å². The van der Waals surface area contributed by atoms with Gasteiger partial charge in [0.25, 0.3) is 0 Å². The quantitative estimate of drug-likeness (QED) is 0.730. The first kappa shape index (κ1) is 15.8. The van der Waals surface area contributed by atoms with E-state index in [-0.39, 0.29) is 11.8 Å². The van der Waals surface area contributed by atoms with Crippen LogP contribution in [0.15, 0.2) is 59.6 Å². The van der Waals surface area contributed by atoms with Crippen LogP contribution in [0.2, 0.25) is 0 Å². The number of hydrogen-bond acceptors (Lipinski definition) is 5. The van der Waals surface area contributed by atoms with E-state index < -0.39 is 0 Å². The molecule has 1 fully saturated rings. The van der Waals surface area contributed by atoms with Gasteiger partial charge in [-0.1, -0.05) is 22.0 Å². The molecule has 1 aliphatic rings. The molecule has 4 rings (SSSR count). The van der Waals surface area contributed by atoms with E-state index in [1.54, 1.807) is 10.9 Å². The maximum atomic E-state index is 12.3. The monoisotopic (exact) mass is 398 g/mol. The Kier molecular flexibility index (Phi) is 4.19. The summed E-state index contributed by atoms with van der Waals surface area (Å²) in [5.41, 5.74) is 0.792. The summed E-state index contributed by atoms with van der Waals surface area (Å²) in [5.74, 6) is 1.47. The van der Waals surface area contributed by atoms with Gasteiger partial charge in [0.05, 0.1) is 5.92 Å². The Morgan fingerprint density at radius 1 is 1.16 bits per heavy atom. The van der Waals surface area contributed by atoms with Gasteiger partial charge in [0, 0.05) is 41.7 Å². The predicted molar refractivity (Wildman–Crippen MR) is 97.6 cm³/mol. The van der Waals surface area contributed by atoms with Gasteiger partial charge in [-0.2, -0.15) is 5.10 Å². The van der Waals surface area contributed by atoms with Crippen molar-refractivity contribution >= 4 is 33.3 Å². The highest BCUT2D eigenvalue weighted by Crippen LogP contribution is 2.25. The van der Waals surface area contributed by atoms with Crippen molar-refractivity contribution in [1.82, 2.24) is 19.7 Å². The minimum Gasteiger partial charge on any atom is -0.355 e. The molecule has 0 atom stereocenters. The Hall–Kier alpha value is -2.74. The molecule has 7 nitrogen and oxygen atoms in total. The second kappa shape index (κ2) is 6.64. The molecule has 0 radical (unpaired) electrons. The Morgan fingerprint density at radius 3 is 2.76 bits per heavy atom. The number of anilines is 2. The zero-order valence-electron chi connectivity index (χ0n) is 13.2. The highest BCUT2D eigenvalue weighted by atomic mass is 79.9. The van der Waals surface area contributed by atoms with Crippen LogP contribution in [0.5, 0.6) is 0 Å². The van der Waals surface area contributed by atoms with E-state index in [0.717, 1.165) is 16.0 Å². The Bertz CT molecular complexity index is 892. The number of nitrogens with zero attached hydrogens (tertiary/aromatic N) is 5. The molecule has 0 bridgehead atoms. The van der Waals surface area contributed by atoms with Crippen LogP contribution in [0.3, 0.4) is 0 Å². The molecule has 0 saturated carbocycles. The first-order chi connectivity index (χ1) is 12.2. The SMILES string of the molecule is O=C(Nc1cccc(Br)c1)C1CN(c2cc(-n3cccn3)ncn2)C1. The molecule has 0 spiro atoms. The number of nitrogens with one attached hydrogen (secondary N) is 1. The van der Waals surface area contributed by atoms with Crippen LogP contribution in [0.4, 0.5) is 11.5 Å². The van der Waals surface area contributed by atoms with Gasteiger partial charge in [0.15, 0.2) is 5.82 Å². The standard InChI is InChI=1S/C17H15BrN6O/c18-13-3-1-4-14(7-13)22-17(25)12-9-23(10-12)15-8-16(20-11-19-15)24-6-2-5-21-24/h1-8,11-12H,9-10H2,(H,22,25). The minimum atomic E-state index is -0.0536. The molecule has 1 saturated heterocycles. The van der Waals surface area contributed by atoms with Gasteiger partial charge in [-0.15, -0.1) is 0 Å². The fourth-order valence-corrected chi connectivity index (χ4v) is 3.08. The summed E-state index contributed by atoms with van der Waals surface area (Å²) < 4.78 is 2.62. The normalized spacial score (nSPS) is 14.2. The summed E-state index contributed by atoms with van der Waals surface area (Å²) in [6.45, 7) is 1.27. The van der Waals surface area contributed by atoms with Crippen molar-refractivity contribution in [3.8, 4) is 5.82 Å². The first-order valence-corrected chi connectivity index (χ1v) is 8.62. The Morgan fingerprint density at radius 2 is 2.00 bits per heavy atom. The molecule has 126 valence electrons. The molecule has 2 aromatic heterocycles. The zero-order chi connectivity index (χ0) is 17.2. The molecule has 25 heavy (non-hydrogen) atoms. The van der Waals surface area contributed by atoms with Gasteiger partial charge in [-0.3, -0.25) is 4.79 Å². The zero-order valence-corrected chi connectivity index (χ0v) is 14.8. The van der Waals surface area contributed by atoms with Crippen molar-refractivity contribution in [2.24, 2.45) is 5.92 Å². The van der Waals surface area contributed by atoms with Crippen LogP contribution in [0.1, 0.15) is 0 Å². The first-order valence-electron chi connectivity index (χ1n) is 7.82. The number of benzene rings is 1. The number of amides is 1. The number of halogens is 1. The average Bonchev–Trinajstić information content (AvgIpc) is 3.08. The van der Waals surface area contributed by atoms with Crippen LogP contribution in [-0.4, -0.2) is 38.7 Å². The van der Waals surface area contributed by atoms with Crippen LogP contribution in [0.25, 0.3) is 5.82 Å². The lowest BCUT2D eigenvalue weighted by Crippen LogP contribution is -2.52. The lowest BCUT2D eigenvalue weighted by molar-refractivity contribution is -0.120. The van der Waals surface area contributed by atoms with Gasteiger partial charge in [0.1, 0.15) is 12.1 Å². The van der Waals surface area contributed by atoms with E-state index in [9.17, 15) is 4.79 Å². The van der Waals surface area contributed by atoms with Gasteiger partial charge < -0.3 is 10.2 Å². The average molecular weight is 399 g/mol. The number of carbonyl (C=O) groups is 1. The maximum absolute atomic E-state index is 12.3. The van der Waals surface area contributed by atoms with E-state index in [0.29, 0.717) is 18.9 Å². The van der Waals surface area contributed by atoms with Crippen molar-refractivity contribution in [2.45, 2.75) is 0 Å². The second-order valence-corrected chi connectivity index (χ2v) is 6.70. The highest BCUT2D eigenvalue weighted by molar-refractivity contribution is 9.10. The third kappa shape index (κ3) is 3.39.